The first-order chi connectivity index (χ1) is 10.6. The summed E-state index contributed by atoms with van der Waals surface area (Å²) in [5.74, 6) is 1.56. The zero-order valence-corrected chi connectivity index (χ0v) is 15.0. The Morgan fingerprint density at radius 2 is 1.91 bits per heavy atom. The van der Waals surface area contributed by atoms with Crippen LogP contribution in [0.15, 0.2) is 23.0 Å². The predicted molar refractivity (Wildman–Crippen MR) is 89.8 cm³/mol. The molecule has 2 heterocycles. The van der Waals surface area contributed by atoms with Crippen molar-refractivity contribution in [2.45, 2.75) is 72.3 Å². The molecule has 126 valence electrons. The van der Waals surface area contributed by atoms with E-state index < -0.39 is 5.60 Å². The molecule has 3 rings (SSSR count). The highest BCUT2D eigenvalue weighted by Crippen LogP contribution is 2.50. The van der Waals surface area contributed by atoms with Gasteiger partial charge in [-0.15, -0.1) is 0 Å². The molecule has 1 spiro atoms. The lowest BCUT2D eigenvalue weighted by atomic mass is 9.78. The van der Waals surface area contributed by atoms with E-state index in [2.05, 4.69) is 26.8 Å². The summed E-state index contributed by atoms with van der Waals surface area (Å²) < 4.78 is 6.37. The Kier molecular flexibility index (Phi) is 3.81. The van der Waals surface area contributed by atoms with Gasteiger partial charge in [-0.3, -0.25) is 9.59 Å². The number of ketones is 2. The number of rotatable bonds is 0. The fourth-order valence-electron chi connectivity index (χ4n) is 4.31. The number of allylic oxidation sites excluding steroid dienone is 2. The van der Waals surface area contributed by atoms with E-state index in [-0.39, 0.29) is 17.1 Å². The summed E-state index contributed by atoms with van der Waals surface area (Å²) in [5, 5.41) is 0. The van der Waals surface area contributed by atoms with E-state index in [4.69, 9.17) is 4.74 Å². The molecule has 0 aromatic heterocycles. The van der Waals surface area contributed by atoms with Crippen LogP contribution in [0.3, 0.4) is 0 Å². The molecule has 0 aromatic rings. The molecule has 1 unspecified atom stereocenters. The standard InChI is InChI=1S/C20H28O3/c1-12-8-15-9-13(2)16(21)6-7-19(4,5)11-17-14(3)18(22)20(15,10-12)23-17/h8,12-13H,6-7,9-11H2,1-5H3/t12-,13?,20+/m0/s1. The zero-order chi connectivity index (χ0) is 17.0. The summed E-state index contributed by atoms with van der Waals surface area (Å²) in [7, 11) is 0. The number of ether oxygens (including phenoxy) is 1. The van der Waals surface area contributed by atoms with E-state index in [1.54, 1.807) is 0 Å². The summed E-state index contributed by atoms with van der Waals surface area (Å²) in [5.41, 5.74) is 0.979. The van der Waals surface area contributed by atoms with Crippen LogP contribution in [0, 0.1) is 17.3 Å². The summed E-state index contributed by atoms with van der Waals surface area (Å²) in [6.07, 6.45) is 5.72. The first kappa shape index (κ1) is 16.5. The van der Waals surface area contributed by atoms with Crippen LogP contribution >= 0.6 is 0 Å². The van der Waals surface area contributed by atoms with Crippen LogP contribution in [0.1, 0.15) is 66.7 Å². The van der Waals surface area contributed by atoms with Crippen LogP contribution in [0.4, 0.5) is 0 Å². The monoisotopic (exact) mass is 316 g/mol. The minimum absolute atomic E-state index is 0.0315. The lowest BCUT2D eigenvalue weighted by Crippen LogP contribution is -2.38. The molecular formula is C20H28O3. The van der Waals surface area contributed by atoms with Gasteiger partial charge in [-0.25, -0.2) is 0 Å². The van der Waals surface area contributed by atoms with Gasteiger partial charge in [0.1, 0.15) is 11.5 Å². The summed E-state index contributed by atoms with van der Waals surface area (Å²) >= 11 is 0. The van der Waals surface area contributed by atoms with E-state index >= 15 is 0 Å². The molecule has 0 radical (unpaired) electrons. The number of fused-ring (bicyclic) bond motifs is 1. The SMILES string of the molecule is CC1=C2CC(C)(C)CCC(=O)C(C)CC3=C[C@H](C)C[C@]3(O2)C1=O. The first-order valence-corrected chi connectivity index (χ1v) is 8.82. The molecule has 1 saturated heterocycles. The van der Waals surface area contributed by atoms with Crippen molar-refractivity contribution in [3.05, 3.63) is 23.0 Å². The molecular weight excluding hydrogens is 288 g/mol. The smallest absolute Gasteiger partial charge is 0.209 e. The van der Waals surface area contributed by atoms with Crippen molar-refractivity contribution >= 4 is 11.6 Å². The van der Waals surface area contributed by atoms with Crippen molar-refractivity contribution in [2.24, 2.45) is 17.3 Å². The summed E-state index contributed by atoms with van der Waals surface area (Å²) in [6, 6.07) is 0. The predicted octanol–water partition coefficient (Wildman–Crippen LogP) is 4.37. The number of hydrogen-bond donors (Lipinski definition) is 0. The second-order valence-electron chi connectivity index (χ2n) is 8.59. The van der Waals surface area contributed by atoms with Crippen molar-refractivity contribution in [3.8, 4) is 0 Å². The lowest BCUT2D eigenvalue weighted by Gasteiger charge is -2.29. The van der Waals surface area contributed by atoms with Crippen LogP contribution in [-0.2, 0) is 14.3 Å². The number of Topliss-reactive ketones (excluding diaryl/α,β-unsaturated/α-hetero) is 2. The third kappa shape index (κ3) is 2.68. The topological polar surface area (TPSA) is 43.4 Å². The van der Waals surface area contributed by atoms with Gasteiger partial charge in [0.2, 0.25) is 5.78 Å². The molecule has 0 aromatic carbocycles. The van der Waals surface area contributed by atoms with Gasteiger partial charge < -0.3 is 4.74 Å². The number of carbonyl (C=O) groups excluding carboxylic acids is 2. The van der Waals surface area contributed by atoms with E-state index in [0.717, 1.165) is 29.7 Å². The fraction of sp³-hybridized carbons (Fsp3) is 0.700. The van der Waals surface area contributed by atoms with Crippen molar-refractivity contribution in [1.82, 2.24) is 0 Å². The molecule has 3 aliphatic rings. The largest absolute Gasteiger partial charge is 0.479 e. The maximum atomic E-state index is 13.0. The quantitative estimate of drug-likeness (QED) is 0.623. The molecule has 3 heteroatoms. The molecule has 3 atom stereocenters. The van der Waals surface area contributed by atoms with Gasteiger partial charge in [0.05, 0.1) is 0 Å². The van der Waals surface area contributed by atoms with E-state index in [0.29, 0.717) is 31.0 Å². The molecule has 3 nitrogen and oxygen atoms in total. The van der Waals surface area contributed by atoms with Crippen LogP contribution < -0.4 is 0 Å². The van der Waals surface area contributed by atoms with E-state index in [1.807, 2.05) is 13.8 Å². The zero-order valence-electron chi connectivity index (χ0n) is 15.0. The van der Waals surface area contributed by atoms with Crippen LogP contribution in [0.2, 0.25) is 0 Å². The summed E-state index contributed by atoms with van der Waals surface area (Å²) in [4.78, 5) is 25.5. The molecule has 1 aliphatic carbocycles. The second kappa shape index (κ2) is 5.32. The maximum Gasteiger partial charge on any atom is 0.209 e. The molecule has 0 saturated carbocycles. The minimum atomic E-state index is -0.812. The maximum absolute atomic E-state index is 13.0. The van der Waals surface area contributed by atoms with Crippen LogP contribution in [0.5, 0.6) is 0 Å². The van der Waals surface area contributed by atoms with Gasteiger partial charge in [0.15, 0.2) is 5.60 Å². The van der Waals surface area contributed by atoms with Gasteiger partial charge in [0.25, 0.3) is 0 Å². The van der Waals surface area contributed by atoms with Crippen molar-refractivity contribution < 1.29 is 14.3 Å². The highest BCUT2D eigenvalue weighted by Gasteiger charge is 2.54. The Morgan fingerprint density at radius 3 is 2.61 bits per heavy atom. The molecule has 23 heavy (non-hydrogen) atoms. The third-order valence-electron chi connectivity index (χ3n) is 5.80. The minimum Gasteiger partial charge on any atom is -0.479 e. The van der Waals surface area contributed by atoms with Gasteiger partial charge >= 0.3 is 0 Å². The highest BCUT2D eigenvalue weighted by molar-refractivity contribution is 6.06. The summed E-state index contributed by atoms with van der Waals surface area (Å²) in [6.45, 7) is 10.3. The van der Waals surface area contributed by atoms with Crippen LogP contribution in [-0.4, -0.2) is 17.2 Å². The average molecular weight is 316 g/mol. The van der Waals surface area contributed by atoms with Crippen molar-refractivity contribution in [2.75, 3.05) is 0 Å². The normalized spacial score (nSPS) is 37.2. The molecule has 1 fully saturated rings. The Morgan fingerprint density at radius 1 is 1.22 bits per heavy atom. The number of carbonyl (C=O) groups is 2. The third-order valence-corrected chi connectivity index (χ3v) is 5.80. The van der Waals surface area contributed by atoms with Gasteiger partial charge in [0, 0.05) is 30.8 Å². The van der Waals surface area contributed by atoms with Crippen LogP contribution in [0.25, 0.3) is 0 Å². The average Bonchev–Trinajstić information content (AvgIpc) is 2.88. The Hall–Kier alpha value is -1.38. The highest BCUT2D eigenvalue weighted by atomic mass is 16.5. The lowest BCUT2D eigenvalue weighted by molar-refractivity contribution is -0.128. The number of hydrogen-bond acceptors (Lipinski definition) is 3. The van der Waals surface area contributed by atoms with Crippen molar-refractivity contribution in [1.29, 1.82) is 0 Å². The Labute approximate surface area is 139 Å². The van der Waals surface area contributed by atoms with Gasteiger partial charge in [-0.1, -0.05) is 33.8 Å². The van der Waals surface area contributed by atoms with Gasteiger partial charge in [-0.2, -0.15) is 0 Å². The Bertz CT molecular complexity index is 623. The molecule has 2 bridgehead atoms. The van der Waals surface area contributed by atoms with E-state index in [9.17, 15) is 9.59 Å². The molecule has 0 amide bonds. The van der Waals surface area contributed by atoms with Crippen molar-refractivity contribution in [3.63, 3.8) is 0 Å². The second-order valence-corrected chi connectivity index (χ2v) is 8.59. The van der Waals surface area contributed by atoms with Gasteiger partial charge in [-0.05, 0) is 36.7 Å². The fourth-order valence-corrected chi connectivity index (χ4v) is 4.31. The Balaban J connectivity index is 2.05. The van der Waals surface area contributed by atoms with E-state index in [1.165, 1.54) is 0 Å². The molecule has 0 N–H and O–H groups in total. The molecule has 2 aliphatic heterocycles. The first-order valence-electron chi connectivity index (χ1n) is 8.82.